The van der Waals surface area contributed by atoms with Crippen molar-refractivity contribution in [1.29, 1.82) is 0 Å². The molecule has 0 N–H and O–H groups in total. The summed E-state index contributed by atoms with van der Waals surface area (Å²) in [4.78, 5) is 14.9. The Morgan fingerprint density at radius 3 is 2.71 bits per heavy atom. The summed E-state index contributed by atoms with van der Waals surface area (Å²) in [5.41, 5.74) is 7.26. The Kier molecular flexibility index (Phi) is 6.44. The van der Waals surface area contributed by atoms with E-state index in [1.165, 1.54) is 17.8 Å². The van der Waals surface area contributed by atoms with E-state index in [-0.39, 0.29) is 10.4 Å². The average Bonchev–Trinajstić information content (AvgIpc) is 3.64. The Balaban J connectivity index is 1.41. The van der Waals surface area contributed by atoms with E-state index in [0.717, 1.165) is 68.3 Å². The first-order valence-corrected chi connectivity index (χ1v) is 19.0. The Bertz CT molecular complexity index is 2070. The number of benzene rings is 3. The van der Waals surface area contributed by atoms with Crippen molar-refractivity contribution >= 4 is 73.5 Å². The van der Waals surface area contributed by atoms with Crippen LogP contribution in [0, 0.1) is 5.82 Å². The van der Waals surface area contributed by atoms with E-state index in [2.05, 4.69) is 27.1 Å². The van der Waals surface area contributed by atoms with Gasteiger partial charge in [-0.25, -0.2) is 13.8 Å². The fraction of sp³-hybridized carbons (Fsp3) is 0.161. The predicted octanol–water partition coefficient (Wildman–Crippen LogP) is 8.99. The molecule has 0 radical (unpaired) electrons. The van der Waals surface area contributed by atoms with Gasteiger partial charge in [-0.15, -0.1) is 0 Å². The Hall–Kier alpha value is -2.85. The maximum atomic E-state index is 15.0. The molecule has 208 valence electrons. The number of fused-ring (bicyclic) bond motifs is 7. The predicted molar refractivity (Wildman–Crippen MR) is 177 cm³/mol. The molecule has 3 aromatic carbocycles. The first-order chi connectivity index (χ1) is 20.5. The molecule has 2 aliphatic rings. The number of ether oxygens (including phenoxy) is 1. The van der Waals surface area contributed by atoms with Crippen molar-refractivity contribution in [1.82, 2.24) is 24.5 Å². The van der Waals surface area contributed by atoms with Crippen LogP contribution in [0.1, 0.15) is 29.7 Å². The summed E-state index contributed by atoms with van der Waals surface area (Å²) < 4.78 is 23.4. The highest BCUT2D eigenvalue weighted by Crippen LogP contribution is 2.65. The second kappa shape index (κ2) is 10.1. The third kappa shape index (κ3) is 3.93. The molecule has 1 saturated carbocycles. The number of rotatable bonds is 6. The van der Waals surface area contributed by atoms with Gasteiger partial charge in [-0.1, -0.05) is 59.8 Å². The first-order valence-electron chi connectivity index (χ1n) is 13.3. The van der Waals surface area contributed by atoms with Gasteiger partial charge in [0.2, 0.25) is 5.88 Å². The van der Waals surface area contributed by atoms with Crippen LogP contribution in [0.4, 0.5) is 4.39 Å². The Morgan fingerprint density at radius 2 is 1.95 bits per heavy atom. The zero-order chi connectivity index (χ0) is 28.6. The van der Waals surface area contributed by atoms with Crippen LogP contribution in [0.2, 0.25) is 5.02 Å². The maximum absolute atomic E-state index is 15.0. The second-order valence-electron chi connectivity index (χ2n) is 10.5. The van der Waals surface area contributed by atoms with Gasteiger partial charge < -0.3 is 4.74 Å². The zero-order valence-corrected chi connectivity index (χ0v) is 26.9. The van der Waals surface area contributed by atoms with Gasteiger partial charge >= 0.3 is 0 Å². The SMILES string of the molecule is CSc1nc(OCc2ccccc2)c2c(n1)C1(CC1)c1c-2ccnc1-c1c2cnn(PI)c2cc2ccc(F)c(Cl)c12. The molecular formula is C31H21ClFIN5OPS. The molecule has 8 rings (SSSR count). The Morgan fingerprint density at radius 1 is 1.12 bits per heavy atom. The van der Waals surface area contributed by atoms with E-state index < -0.39 is 5.82 Å². The summed E-state index contributed by atoms with van der Waals surface area (Å²) in [7, 11) is 0. The van der Waals surface area contributed by atoms with E-state index in [4.69, 9.17) is 31.3 Å². The molecule has 0 bridgehead atoms. The van der Waals surface area contributed by atoms with Crippen molar-refractivity contribution in [3.05, 3.63) is 94.7 Å². The van der Waals surface area contributed by atoms with Crippen LogP contribution in [-0.2, 0) is 12.0 Å². The smallest absolute Gasteiger partial charge is 0.226 e. The van der Waals surface area contributed by atoms with Crippen LogP contribution in [0.5, 0.6) is 5.88 Å². The molecular weight excluding hydrogens is 703 g/mol. The normalized spacial score (nSPS) is 14.8. The lowest BCUT2D eigenvalue weighted by Gasteiger charge is -2.17. The summed E-state index contributed by atoms with van der Waals surface area (Å²) in [5, 5.41) is 7.80. The summed E-state index contributed by atoms with van der Waals surface area (Å²) in [6.45, 7) is 0.396. The monoisotopic (exact) mass is 723 g/mol. The van der Waals surface area contributed by atoms with Crippen molar-refractivity contribution < 1.29 is 9.13 Å². The van der Waals surface area contributed by atoms with E-state index in [0.29, 0.717) is 29.4 Å². The van der Waals surface area contributed by atoms with Crippen LogP contribution in [0.15, 0.2) is 72.1 Å². The van der Waals surface area contributed by atoms with Gasteiger partial charge in [-0.3, -0.25) is 4.98 Å². The second-order valence-corrected chi connectivity index (χ2v) is 13.7. The molecule has 1 spiro atoms. The molecule has 0 saturated heterocycles. The van der Waals surface area contributed by atoms with Crippen LogP contribution < -0.4 is 4.74 Å². The fourth-order valence-corrected chi connectivity index (χ4v) is 8.38. The number of nitrogens with zero attached hydrogens (tertiary/aromatic N) is 5. The quantitative estimate of drug-likeness (QED) is 0.0740. The van der Waals surface area contributed by atoms with E-state index in [9.17, 15) is 0 Å². The molecule has 0 amide bonds. The molecule has 1 unspecified atom stereocenters. The number of halogens is 3. The molecule has 6 aromatic rings. The first kappa shape index (κ1) is 26.8. The van der Waals surface area contributed by atoms with Crippen molar-refractivity contribution in [2.75, 3.05) is 6.26 Å². The molecule has 11 heteroatoms. The number of aromatic nitrogens is 5. The minimum absolute atomic E-state index is 0.0881. The Labute approximate surface area is 264 Å². The van der Waals surface area contributed by atoms with Crippen LogP contribution in [0.3, 0.4) is 0 Å². The van der Waals surface area contributed by atoms with Crippen LogP contribution in [-0.4, -0.2) is 30.8 Å². The minimum atomic E-state index is -0.461. The molecule has 1 atom stereocenters. The number of hydrogen-bond donors (Lipinski definition) is 0. The van der Waals surface area contributed by atoms with E-state index in [1.54, 1.807) is 6.07 Å². The summed E-state index contributed by atoms with van der Waals surface area (Å²) in [6.07, 6.45) is 7.90. The highest BCUT2D eigenvalue weighted by molar-refractivity contribution is 14.2. The fourth-order valence-electron chi connectivity index (χ4n) is 6.23. The van der Waals surface area contributed by atoms with E-state index in [1.807, 2.05) is 65.6 Å². The highest BCUT2D eigenvalue weighted by Gasteiger charge is 2.57. The van der Waals surface area contributed by atoms with Gasteiger partial charge in [0.15, 0.2) is 5.16 Å². The molecule has 42 heavy (non-hydrogen) atoms. The molecule has 1 fully saturated rings. The lowest BCUT2D eigenvalue weighted by molar-refractivity contribution is 0.291. The highest BCUT2D eigenvalue weighted by atomic mass is 127. The minimum Gasteiger partial charge on any atom is -0.472 e. The van der Waals surface area contributed by atoms with Gasteiger partial charge in [-0.05, 0) is 81.4 Å². The molecule has 2 aliphatic carbocycles. The molecule has 3 aromatic heterocycles. The van der Waals surface area contributed by atoms with Crippen molar-refractivity contribution in [3.8, 4) is 28.3 Å². The van der Waals surface area contributed by atoms with Gasteiger partial charge in [0.25, 0.3) is 0 Å². The molecule has 0 aliphatic heterocycles. The van der Waals surface area contributed by atoms with Gasteiger partial charge in [0.1, 0.15) is 12.4 Å². The van der Waals surface area contributed by atoms with Crippen molar-refractivity contribution in [3.63, 3.8) is 0 Å². The van der Waals surface area contributed by atoms with Gasteiger partial charge in [0, 0.05) is 27.9 Å². The van der Waals surface area contributed by atoms with Crippen LogP contribution >= 0.6 is 51.8 Å². The number of pyridine rings is 1. The maximum Gasteiger partial charge on any atom is 0.226 e. The zero-order valence-electron chi connectivity index (χ0n) is 22.2. The molecule has 3 heterocycles. The number of thioether (sulfide) groups is 1. The summed E-state index contributed by atoms with van der Waals surface area (Å²) >= 11 is 10.6. The topological polar surface area (TPSA) is 65.7 Å². The van der Waals surface area contributed by atoms with E-state index >= 15 is 4.39 Å². The lowest BCUT2D eigenvalue weighted by atomic mass is 9.88. The number of hydrogen-bond acceptors (Lipinski definition) is 6. The van der Waals surface area contributed by atoms with Crippen LogP contribution in [0.25, 0.3) is 44.1 Å². The van der Waals surface area contributed by atoms with Crippen molar-refractivity contribution in [2.45, 2.75) is 30.0 Å². The van der Waals surface area contributed by atoms with Crippen molar-refractivity contribution in [2.24, 2.45) is 0 Å². The summed E-state index contributed by atoms with van der Waals surface area (Å²) in [5.74, 6) is 0.110. The van der Waals surface area contributed by atoms with Gasteiger partial charge in [-0.2, -0.15) is 10.1 Å². The standard InChI is InChI=1S/C31H21ClFIN5OPS/c1-42-30-37-28-24(29(38-30)40-15-16-5-3-2-4-6-16)18-9-12-35-27(25(18)31(28)10-11-31)23-19-14-36-39(41-34)21(19)13-17-7-8-20(33)26(32)22(17)23/h2-9,12-14,41H,10-11,15H2,1H3. The van der Waals surface area contributed by atoms with Gasteiger partial charge in [0.05, 0.1) is 40.1 Å². The lowest BCUT2D eigenvalue weighted by Crippen LogP contribution is -2.10. The third-order valence-electron chi connectivity index (χ3n) is 8.22. The largest absolute Gasteiger partial charge is 0.472 e. The molecule has 6 nitrogen and oxygen atoms in total. The third-order valence-corrected chi connectivity index (χ3v) is 11.0. The average molecular weight is 724 g/mol. The summed E-state index contributed by atoms with van der Waals surface area (Å²) in [6, 6.07) is 17.3.